The van der Waals surface area contributed by atoms with Gasteiger partial charge in [0, 0.05) is 11.1 Å². The number of halogens is 2. The van der Waals surface area contributed by atoms with Crippen molar-refractivity contribution in [2.45, 2.75) is 6.92 Å². The van der Waals surface area contributed by atoms with E-state index in [0.717, 1.165) is 17.2 Å². The Balaban J connectivity index is 1.82. The first-order chi connectivity index (χ1) is 11.4. The number of amides is 1. The summed E-state index contributed by atoms with van der Waals surface area (Å²) in [7, 11) is 0. The number of ether oxygens (including phenoxy) is 1. The molecule has 0 bridgehead atoms. The first kappa shape index (κ1) is 17.7. The first-order valence-electron chi connectivity index (χ1n) is 7.10. The normalized spacial score (nSPS) is 10.6. The number of carbonyl (C=O) groups is 2. The zero-order valence-corrected chi connectivity index (χ0v) is 13.6. The Kier molecular flexibility index (Phi) is 6.09. The van der Waals surface area contributed by atoms with Crippen LogP contribution >= 0.6 is 11.6 Å². The van der Waals surface area contributed by atoms with Crippen molar-refractivity contribution in [3.05, 3.63) is 70.5 Å². The number of hydrogen-bond donors (Lipinski definition) is 1. The van der Waals surface area contributed by atoms with Crippen LogP contribution in [0, 0.1) is 12.7 Å². The molecule has 2 rings (SSSR count). The second-order valence-electron chi connectivity index (χ2n) is 5.02. The minimum atomic E-state index is -0.665. The third-order valence-corrected chi connectivity index (χ3v) is 3.28. The van der Waals surface area contributed by atoms with Gasteiger partial charge in [0.05, 0.1) is 5.69 Å². The lowest BCUT2D eigenvalue weighted by atomic mass is 10.1. The maximum atomic E-state index is 13.5. The van der Waals surface area contributed by atoms with E-state index in [-0.39, 0.29) is 10.7 Å². The highest BCUT2D eigenvalue weighted by molar-refractivity contribution is 6.30. The molecule has 0 radical (unpaired) electrons. The number of esters is 1. The summed E-state index contributed by atoms with van der Waals surface area (Å²) >= 11 is 5.62. The SMILES string of the molecule is Cc1ccc(/C=C/C(=O)OCC(=O)Nc2ccc(Cl)cc2F)cc1. The smallest absolute Gasteiger partial charge is 0.331 e. The molecule has 0 unspecified atom stereocenters. The highest BCUT2D eigenvalue weighted by Gasteiger charge is 2.09. The predicted octanol–water partition coefficient (Wildman–Crippen LogP) is 3.98. The van der Waals surface area contributed by atoms with Crippen LogP contribution in [-0.2, 0) is 14.3 Å². The van der Waals surface area contributed by atoms with Gasteiger partial charge >= 0.3 is 5.97 Å². The van der Waals surface area contributed by atoms with Crippen LogP contribution in [0.5, 0.6) is 0 Å². The Labute approximate surface area is 143 Å². The summed E-state index contributed by atoms with van der Waals surface area (Å²) in [4.78, 5) is 23.2. The van der Waals surface area contributed by atoms with E-state index in [2.05, 4.69) is 5.32 Å². The van der Waals surface area contributed by atoms with Crippen LogP contribution in [0.2, 0.25) is 5.02 Å². The topological polar surface area (TPSA) is 55.4 Å². The molecule has 0 saturated carbocycles. The summed E-state index contributed by atoms with van der Waals surface area (Å²) in [6.07, 6.45) is 2.80. The lowest BCUT2D eigenvalue weighted by molar-refractivity contribution is -0.142. The van der Waals surface area contributed by atoms with E-state index >= 15 is 0 Å². The average Bonchev–Trinajstić information content (AvgIpc) is 2.55. The Bertz CT molecular complexity index is 772. The third kappa shape index (κ3) is 5.52. The van der Waals surface area contributed by atoms with E-state index in [1.807, 2.05) is 31.2 Å². The van der Waals surface area contributed by atoms with Crippen molar-refractivity contribution in [1.29, 1.82) is 0 Å². The molecule has 2 aromatic carbocycles. The molecule has 2 aromatic rings. The molecule has 0 aliphatic rings. The Morgan fingerprint density at radius 1 is 1.21 bits per heavy atom. The van der Waals surface area contributed by atoms with Crippen molar-refractivity contribution in [3.63, 3.8) is 0 Å². The standard InChI is InChI=1S/C18H15ClFNO3/c1-12-2-4-13(5-3-12)6-9-18(23)24-11-17(22)21-16-8-7-14(19)10-15(16)20/h2-10H,11H2,1H3,(H,21,22)/b9-6+. The maximum absolute atomic E-state index is 13.5. The van der Waals surface area contributed by atoms with Crippen LogP contribution in [0.4, 0.5) is 10.1 Å². The number of carbonyl (C=O) groups excluding carboxylic acids is 2. The molecule has 1 amide bonds. The zero-order valence-electron chi connectivity index (χ0n) is 12.9. The molecule has 0 aromatic heterocycles. The lowest BCUT2D eigenvalue weighted by Gasteiger charge is -2.06. The molecule has 0 aliphatic heterocycles. The fourth-order valence-electron chi connectivity index (χ4n) is 1.80. The Hall–Kier alpha value is -2.66. The maximum Gasteiger partial charge on any atom is 0.331 e. The lowest BCUT2D eigenvalue weighted by Crippen LogP contribution is -2.20. The van der Waals surface area contributed by atoms with E-state index in [1.54, 1.807) is 6.08 Å². The summed E-state index contributed by atoms with van der Waals surface area (Å²) in [5.41, 5.74) is 1.92. The molecular weight excluding hydrogens is 333 g/mol. The van der Waals surface area contributed by atoms with E-state index in [4.69, 9.17) is 16.3 Å². The largest absolute Gasteiger partial charge is 0.452 e. The van der Waals surface area contributed by atoms with Gasteiger partial charge in [-0.3, -0.25) is 4.79 Å². The number of rotatable bonds is 5. The minimum absolute atomic E-state index is 0.0318. The summed E-state index contributed by atoms with van der Waals surface area (Å²) in [5.74, 6) is -1.97. The molecule has 0 spiro atoms. The molecule has 1 N–H and O–H groups in total. The van der Waals surface area contributed by atoms with Crippen molar-refractivity contribution in [1.82, 2.24) is 0 Å². The Morgan fingerprint density at radius 3 is 2.58 bits per heavy atom. The second kappa shape index (κ2) is 8.26. The predicted molar refractivity (Wildman–Crippen MR) is 91.2 cm³/mol. The van der Waals surface area contributed by atoms with Gasteiger partial charge in [-0.1, -0.05) is 41.4 Å². The monoisotopic (exact) mass is 347 g/mol. The van der Waals surface area contributed by atoms with Crippen LogP contribution in [0.3, 0.4) is 0 Å². The molecule has 4 nitrogen and oxygen atoms in total. The average molecular weight is 348 g/mol. The van der Waals surface area contributed by atoms with Gasteiger partial charge in [-0.15, -0.1) is 0 Å². The molecule has 24 heavy (non-hydrogen) atoms. The zero-order chi connectivity index (χ0) is 17.5. The van der Waals surface area contributed by atoms with E-state index in [0.29, 0.717) is 0 Å². The highest BCUT2D eigenvalue weighted by Crippen LogP contribution is 2.18. The van der Waals surface area contributed by atoms with E-state index < -0.39 is 24.3 Å². The highest BCUT2D eigenvalue weighted by atomic mass is 35.5. The number of anilines is 1. The summed E-state index contributed by atoms with van der Waals surface area (Å²) < 4.78 is 18.3. The molecule has 6 heteroatoms. The molecular formula is C18H15ClFNO3. The van der Waals surface area contributed by atoms with Crippen LogP contribution in [0.15, 0.2) is 48.5 Å². The van der Waals surface area contributed by atoms with Crippen LogP contribution in [0.25, 0.3) is 6.08 Å². The molecule has 124 valence electrons. The number of benzene rings is 2. The van der Waals surface area contributed by atoms with Crippen LogP contribution in [-0.4, -0.2) is 18.5 Å². The summed E-state index contributed by atoms with van der Waals surface area (Å²) in [6.45, 7) is 1.45. The first-order valence-corrected chi connectivity index (χ1v) is 7.48. The second-order valence-corrected chi connectivity index (χ2v) is 5.46. The van der Waals surface area contributed by atoms with E-state index in [9.17, 15) is 14.0 Å². The number of hydrogen-bond acceptors (Lipinski definition) is 3. The van der Waals surface area contributed by atoms with Gasteiger partial charge in [-0.25, -0.2) is 9.18 Å². The molecule has 0 aliphatic carbocycles. The third-order valence-electron chi connectivity index (χ3n) is 3.04. The van der Waals surface area contributed by atoms with Gasteiger partial charge in [0.2, 0.25) is 0 Å². The van der Waals surface area contributed by atoms with Gasteiger partial charge in [-0.05, 0) is 36.8 Å². The van der Waals surface area contributed by atoms with Gasteiger partial charge < -0.3 is 10.1 Å². The van der Waals surface area contributed by atoms with Gasteiger partial charge in [0.15, 0.2) is 6.61 Å². The summed E-state index contributed by atoms with van der Waals surface area (Å²) in [6, 6.07) is 11.4. The van der Waals surface area contributed by atoms with Crippen molar-refractivity contribution in [2.24, 2.45) is 0 Å². The van der Waals surface area contributed by atoms with Gasteiger partial charge in [0.1, 0.15) is 5.82 Å². The number of nitrogens with one attached hydrogen (secondary N) is 1. The molecule has 0 saturated heterocycles. The fourth-order valence-corrected chi connectivity index (χ4v) is 1.96. The minimum Gasteiger partial charge on any atom is -0.452 e. The fraction of sp³-hybridized carbons (Fsp3) is 0.111. The van der Waals surface area contributed by atoms with Gasteiger partial charge in [-0.2, -0.15) is 0 Å². The Morgan fingerprint density at radius 2 is 1.92 bits per heavy atom. The molecule has 0 heterocycles. The van der Waals surface area contributed by atoms with Crippen LogP contribution in [0.1, 0.15) is 11.1 Å². The number of aryl methyl sites for hydroxylation is 1. The summed E-state index contributed by atoms with van der Waals surface area (Å²) in [5, 5.41) is 2.52. The van der Waals surface area contributed by atoms with Crippen molar-refractivity contribution in [3.8, 4) is 0 Å². The van der Waals surface area contributed by atoms with Crippen molar-refractivity contribution in [2.75, 3.05) is 11.9 Å². The van der Waals surface area contributed by atoms with E-state index in [1.165, 1.54) is 18.2 Å². The van der Waals surface area contributed by atoms with Crippen molar-refractivity contribution >= 4 is 35.2 Å². The molecule has 0 fully saturated rings. The quantitative estimate of drug-likeness (QED) is 0.657. The van der Waals surface area contributed by atoms with Crippen molar-refractivity contribution < 1.29 is 18.7 Å². The molecule has 0 atom stereocenters. The van der Waals surface area contributed by atoms with Crippen LogP contribution < -0.4 is 5.32 Å². The van der Waals surface area contributed by atoms with Gasteiger partial charge in [0.25, 0.3) is 5.91 Å².